The number of hydrogen-bond donors (Lipinski definition) is 1. The summed E-state index contributed by atoms with van der Waals surface area (Å²) in [5.41, 5.74) is 1.58. The number of nitrogens with zero attached hydrogens (tertiary/aromatic N) is 2. The summed E-state index contributed by atoms with van der Waals surface area (Å²) in [6.45, 7) is 6.61. The third-order valence-corrected chi connectivity index (χ3v) is 4.77. The Labute approximate surface area is 109 Å². The highest BCUT2D eigenvalue weighted by Gasteiger charge is 2.58. The minimum absolute atomic E-state index is 0.285. The first-order chi connectivity index (χ1) is 8.60. The van der Waals surface area contributed by atoms with E-state index in [9.17, 15) is 0 Å². The Morgan fingerprint density at radius 2 is 2.39 bits per heavy atom. The molecule has 3 atom stereocenters. The fraction of sp³-hybridized carbons (Fsp3) is 0.786. The predicted molar refractivity (Wildman–Crippen MR) is 70.3 cm³/mol. The monoisotopic (exact) mass is 249 g/mol. The van der Waals surface area contributed by atoms with E-state index in [0.717, 1.165) is 25.5 Å². The van der Waals surface area contributed by atoms with Crippen molar-refractivity contribution >= 4 is 0 Å². The zero-order valence-corrected chi connectivity index (χ0v) is 11.5. The van der Waals surface area contributed by atoms with E-state index in [0.29, 0.717) is 12.1 Å². The molecule has 1 aliphatic carbocycles. The second kappa shape index (κ2) is 4.35. The molecule has 3 rings (SSSR count). The zero-order chi connectivity index (χ0) is 12.8. The molecular formula is C14H23N3O. The van der Waals surface area contributed by atoms with Crippen LogP contribution in [0.25, 0.3) is 0 Å². The largest absolute Gasteiger partial charge is 0.377 e. The van der Waals surface area contributed by atoms with Gasteiger partial charge in [0, 0.05) is 55.9 Å². The van der Waals surface area contributed by atoms with Crippen molar-refractivity contribution in [3.8, 4) is 0 Å². The van der Waals surface area contributed by atoms with Gasteiger partial charge in [0.15, 0.2) is 0 Å². The molecule has 2 heterocycles. The van der Waals surface area contributed by atoms with Gasteiger partial charge >= 0.3 is 0 Å². The normalized spacial score (nSPS) is 33.2. The summed E-state index contributed by atoms with van der Waals surface area (Å²) in [7, 11) is 2.00. The third-order valence-electron chi connectivity index (χ3n) is 4.77. The summed E-state index contributed by atoms with van der Waals surface area (Å²) >= 11 is 0. The number of ether oxygens (including phenoxy) is 1. The molecule has 1 aliphatic heterocycles. The number of aromatic nitrogens is 2. The Kier molecular flexibility index (Phi) is 2.94. The minimum Gasteiger partial charge on any atom is -0.377 e. The number of hydrogen-bond acceptors (Lipinski definition) is 3. The summed E-state index contributed by atoms with van der Waals surface area (Å²) in [6, 6.07) is 2.70. The van der Waals surface area contributed by atoms with E-state index in [1.54, 1.807) is 0 Å². The number of rotatable bonds is 4. The molecule has 1 aromatic heterocycles. The van der Waals surface area contributed by atoms with Crippen LogP contribution in [0.1, 0.15) is 26.0 Å². The Morgan fingerprint density at radius 3 is 3.11 bits per heavy atom. The van der Waals surface area contributed by atoms with Gasteiger partial charge in [0.2, 0.25) is 0 Å². The van der Waals surface area contributed by atoms with Crippen molar-refractivity contribution in [2.45, 2.75) is 38.8 Å². The van der Waals surface area contributed by atoms with Gasteiger partial charge in [-0.05, 0) is 12.5 Å². The minimum atomic E-state index is 0.285. The standard InChI is InChI=1S/C14H23N3O/c1-14(2)12(11-6-9-18-13(11)14)15-7-4-10-5-8-16-17(10)3/h5,8,11-13,15H,4,6-7,9H2,1-3H3. The van der Waals surface area contributed by atoms with Crippen LogP contribution >= 0.6 is 0 Å². The van der Waals surface area contributed by atoms with Crippen LogP contribution in [0.2, 0.25) is 0 Å². The molecule has 2 fully saturated rings. The molecule has 0 radical (unpaired) electrons. The summed E-state index contributed by atoms with van der Waals surface area (Å²) in [5.74, 6) is 0.728. The van der Waals surface area contributed by atoms with E-state index in [2.05, 4.69) is 30.3 Å². The Morgan fingerprint density at radius 1 is 1.56 bits per heavy atom. The molecule has 0 bridgehead atoms. The van der Waals surface area contributed by atoms with Crippen LogP contribution in [0.4, 0.5) is 0 Å². The van der Waals surface area contributed by atoms with Crippen LogP contribution in [-0.2, 0) is 18.2 Å². The molecule has 1 aromatic rings. The van der Waals surface area contributed by atoms with E-state index in [4.69, 9.17) is 4.74 Å². The summed E-state index contributed by atoms with van der Waals surface area (Å²) in [4.78, 5) is 0. The van der Waals surface area contributed by atoms with E-state index < -0.39 is 0 Å². The summed E-state index contributed by atoms with van der Waals surface area (Å²) < 4.78 is 7.77. The Bertz CT molecular complexity index is 426. The molecule has 0 amide bonds. The van der Waals surface area contributed by atoms with E-state index in [1.165, 1.54) is 12.1 Å². The van der Waals surface area contributed by atoms with Gasteiger partial charge in [0.1, 0.15) is 0 Å². The van der Waals surface area contributed by atoms with Gasteiger partial charge < -0.3 is 10.1 Å². The van der Waals surface area contributed by atoms with Gasteiger partial charge in [-0.2, -0.15) is 5.10 Å². The lowest BCUT2D eigenvalue weighted by atomic mass is 9.57. The summed E-state index contributed by atoms with van der Waals surface area (Å²) in [6.07, 6.45) is 4.61. The van der Waals surface area contributed by atoms with Gasteiger partial charge in [-0.15, -0.1) is 0 Å². The molecule has 4 heteroatoms. The average Bonchev–Trinajstić information content (AvgIpc) is 2.92. The van der Waals surface area contributed by atoms with Crippen LogP contribution in [-0.4, -0.2) is 35.1 Å². The molecule has 1 saturated carbocycles. The third kappa shape index (κ3) is 1.79. The molecule has 0 spiro atoms. The SMILES string of the molecule is Cn1nccc1CCNC1C2CCOC2C1(C)C. The molecule has 2 aliphatic rings. The average molecular weight is 249 g/mol. The highest BCUT2D eigenvalue weighted by Crippen LogP contribution is 2.51. The molecule has 100 valence electrons. The van der Waals surface area contributed by atoms with E-state index in [-0.39, 0.29) is 5.41 Å². The maximum Gasteiger partial charge on any atom is 0.0685 e. The van der Waals surface area contributed by atoms with Gasteiger partial charge in [-0.3, -0.25) is 4.68 Å². The Balaban J connectivity index is 1.53. The van der Waals surface area contributed by atoms with Crippen molar-refractivity contribution in [3.05, 3.63) is 18.0 Å². The predicted octanol–water partition coefficient (Wildman–Crippen LogP) is 1.37. The number of aryl methyl sites for hydroxylation is 1. The van der Waals surface area contributed by atoms with Crippen molar-refractivity contribution in [1.29, 1.82) is 0 Å². The Hall–Kier alpha value is -0.870. The molecular weight excluding hydrogens is 226 g/mol. The molecule has 4 nitrogen and oxygen atoms in total. The maximum atomic E-state index is 5.81. The lowest BCUT2D eigenvalue weighted by Gasteiger charge is -2.55. The quantitative estimate of drug-likeness (QED) is 0.876. The molecule has 1 saturated heterocycles. The van der Waals surface area contributed by atoms with Gasteiger partial charge in [0.25, 0.3) is 0 Å². The number of nitrogens with one attached hydrogen (secondary N) is 1. The zero-order valence-electron chi connectivity index (χ0n) is 11.5. The van der Waals surface area contributed by atoms with Crippen LogP contribution in [0, 0.1) is 11.3 Å². The molecule has 1 N–H and O–H groups in total. The fourth-order valence-electron chi connectivity index (χ4n) is 3.74. The van der Waals surface area contributed by atoms with Gasteiger partial charge in [-0.25, -0.2) is 0 Å². The number of fused-ring (bicyclic) bond motifs is 1. The summed E-state index contributed by atoms with van der Waals surface area (Å²) in [5, 5.41) is 7.92. The molecule has 3 unspecified atom stereocenters. The topological polar surface area (TPSA) is 39.1 Å². The van der Waals surface area contributed by atoms with Crippen LogP contribution in [0.5, 0.6) is 0 Å². The fourth-order valence-corrected chi connectivity index (χ4v) is 3.74. The van der Waals surface area contributed by atoms with Crippen LogP contribution in [0.3, 0.4) is 0 Å². The molecule has 0 aromatic carbocycles. The first-order valence-corrected chi connectivity index (χ1v) is 6.92. The highest BCUT2D eigenvalue weighted by atomic mass is 16.5. The second-order valence-corrected chi connectivity index (χ2v) is 6.19. The smallest absolute Gasteiger partial charge is 0.0685 e. The van der Waals surface area contributed by atoms with Gasteiger partial charge in [0.05, 0.1) is 6.10 Å². The van der Waals surface area contributed by atoms with Gasteiger partial charge in [-0.1, -0.05) is 13.8 Å². The first-order valence-electron chi connectivity index (χ1n) is 6.92. The van der Waals surface area contributed by atoms with Crippen molar-refractivity contribution < 1.29 is 4.74 Å². The van der Waals surface area contributed by atoms with E-state index in [1.807, 2.05) is 17.9 Å². The molecule has 18 heavy (non-hydrogen) atoms. The van der Waals surface area contributed by atoms with Crippen molar-refractivity contribution in [2.75, 3.05) is 13.2 Å². The lowest BCUT2D eigenvalue weighted by Crippen LogP contribution is -2.66. The maximum absolute atomic E-state index is 5.81. The van der Waals surface area contributed by atoms with Crippen LogP contribution in [0.15, 0.2) is 12.3 Å². The van der Waals surface area contributed by atoms with E-state index >= 15 is 0 Å². The van der Waals surface area contributed by atoms with Crippen molar-refractivity contribution in [3.63, 3.8) is 0 Å². The highest BCUT2D eigenvalue weighted by molar-refractivity contribution is 5.11. The van der Waals surface area contributed by atoms with Crippen molar-refractivity contribution in [1.82, 2.24) is 15.1 Å². The first kappa shape index (κ1) is 12.2. The second-order valence-electron chi connectivity index (χ2n) is 6.19. The van der Waals surface area contributed by atoms with Crippen LogP contribution < -0.4 is 5.32 Å². The lowest BCUT2D eigenvalue weighted by molar-refractivity contribution is -0.112. The van der Waals surface area contributed by atoms with Crippen molar-refractivity contribution in [2.24, 2.45) is 18.4 Å².